The molecule has 0 unspecified atom stereocenters. The predicted octanol–water partition coefficient (Wildman–Crippen LogP) is 2.99. The lowest BCUT2D eigenvalue weighted by Crippen LogP contribution is -2.16. The SMILES string of the molecule is CC(C)Oc1ccc(Cl)cc1CNCCCCO. The van der Waals surface area contributed by atoms with Crippen LogP contribution in [-0.2, 0) is 6.54 Å². The fourth-order valence-corrected chi connectivity index (χ4v) is 1.83. The molecule has 3 nitrogen and oxygen atoms in total. The first-order valence-corrected chi connectivity index (χ1v) is 6.78. The van der Waals surface area contributed by atoms with Crippen molar-refractivity contribution in [2.75, 3.05) is 13.2 Å². The van der Waals surface area contributed by atoms with Gasteiger partial charge in [-0.3, -0.25) is 0 Å². The molecule has 0 saturated heterocycles. The van der Waals surface area contributed by atoms with Gasteiger partial charge in [-0.1, -0.05) is 11.6 Å². The Morgan fingerprint density at radius 1 is 1.33 bits per heavy atom. The van der Waals surface area contributed by atoms with Crippen molar-refractivity contribution in [1.29, 1.82) is 0 Å². The molecule has 0 heterocycles. The average molecular weight is 272 g/mol. The van der Waals surface area contributed by atoms with E-state index >= 15 is 0 Å². The van der Waals surface area contributed by atoms with Gasteiger partial charge in [0.25, 0.3) is 0 Å². The summed E-state index contributed by atoms with van der Waals surface area (Å²) in [5, 5.41) is 12.7. The van der Waals surface area contributed by atoms with Crippen molar-refractivity contribution < 1.29 is 9.84 Å². The van der Waals surface area contributed by atoms with Gasteiger partial charge in [-0.25, -0.2) is 0 Å². The number of halogens is 1. The Bertz CT molecular complexity index is 356. The number of ether oxygens (including phenoxy) is 1. The molecule has 2 N–H and O–H groups in total. The van der Waals surface area contributed by atoms with E-state index in [1.54, 1.807) is 0 Å². The summed E-state index contributed by atoms with van der Waals surface area (Å²) in [5.41, 5.74) is 1.07. The number of nitrogens with one attached hydrogen (secondary N) is 1. The largest absolute Gasteiger partial charge is 0.491 e. The molecule has 0 aliphatic carbocycles. The first-order chi connectivity index (χ1) is 8.63. The van der Waals surface area contributed by atoms with Crippen LogP contribution in [0.25, 0.3) is 0 Å². The lowest BCUT2D eigenvalue weighted by Gasteiger charge is -2.15. The van der Waals surface area contributed by atoms with Gasteiger partial charge in [-0.2, -0.15) is 0 Å². The van der Waals surface area contributed by atoms with Gasteiger partial charge in [0, 0.05) is 23.7 Å². The summed E-state index contributed by atoms with van der Waals surface area (Å²) in [6.07, 6.45) is 1.95. The number of aliphatic hydroxyl groups excluding tert-OH is 1. The second kappa shape index (κ2) is 8.35. The van der Waals surface area contributed by atoms with Gasteiger partial charge >= 0.3 is 0 Å². The molecule has 0 atom stereocenters. The molecule has 0 fully saturated rings. The first kappa shape index (κ1) is 15.3. The van der Waals surface area contributed by atoms with Crippen molar-refractivity contribution in [3.8, 4) is 5.75 Å². The topological polar surface area (TPSA) is 41.5 Å². The van der Waals surface area contributed by atoms with Crippen LogP contribution in [0.4, 0.5) is 0 Å². The summed E-state index contributed by atoms with van der Waals surface area (Å²) in [6, 6.07) is 5.68. The summed E-state index contributed by atoms with van der Waals surface area (Å²) in [6.45, 7) is 5.88. The smallest absolute Gasteiger partial charge is 0.124 e. The minimum atomic E-state index is 0.152. The van der Waals surface area contributed by atoms with Crippen molar-refractivity contribution in [2.24, 2.45) is 0 Å². The van der Waals surface area contributed by atoms with Crippen LogP contribution in [0, 0.1) is 0 Å². The molecule has 102 valence electrons. The normalized spacial score (nSPS) is 10.9. The van der Waals surface area contributed by atoms with Crippen LogP contribution in [-0.4, -0.2) is 24.4 Å². The molecule has 0 amide bonds. The van der Waals surface area contributed by atoms with Gasteiger partial charge in [0.15, 0.2) is 0 Å². The molecule has 0 spiro atoms. The molecule has 0 aromatic heterocycles. The maximum Gasteiger partial charge on any atom is 0.124 e. The van der Waals surface area contributed by atoms with Crippen LogP contribution in [0.5, 0.6) is 5.75 Å². The van der Waals surface area contributed by atoms with E-state index in [1.807, 2.05) is 32.0 Å². The van der Waals surface area contributed by atoms with Crippen molar-refractivity contribution in [3.63, 3.8) is 0 Å². The van der Waals surface area contributed by atoms with Crippen LogP contribution < -0.4 is 10.1 Å². The van der Waals surface area contributed by atoms with Gasteiger partial charge in [0.2, 0.25) is 0 Å². The van der Waals surface area contributed by atoms with E-state index in [0.717, 1.165) is 42.3 Å². The Balaban J connectivity index is 2.53. The second-order valence-electron chi connectivity index (χ2n) is 4.53. The summed E-state index contributed by atoms with van der Waals surface area (Å²) < 4.78 is 5.74. The van der Waals surface area contributed by atoms with E-state index in [9.17, 15) is 0 Å². The molecule has 1 aromatic carbocycles. The lowest BCUT2D eigenvalue weighted by molar-refractivity contribution is 0.239. The maximum absolute atomic E-state index is 8.70. The monoisotopic (exact) mass is 271 g/mol. The van der Waals surface area contributed by atoms with Crippen LogP contribution in [0.15, 0.2) is 18.2 Å². The van der Waals surface area contributed by atoms with Crippen molar-refractivity contribution in [2.45, 2.75) is 39.3 Å². The maximum atomic E-state index is 8.70. The molecule has 0 saturated carbocycles. The average Bonchev–Trinajstić information content (AvgIpc) is 2.31. The molecule has 1 rings (SSSR count). The molecule has 0 radical (unpaired) electrons. The third-order valence-corrected chi connectivity index (χ3v) is 2.70. The van der Waals surface area contributed by atoms with Crippen molar-refractivity contribution >= 4 is 11.6 Å². The minimum absolute atomic E-state index is 0.152. The van der Waals surface area contributed by atoms with Crippen molar-refractivity contribution in [1.82, 2.24) is 5.32 Å². The third kappa shape index (κ3) is 5.71. The van der Waals surface area contributed by atoms with Gasteiger partial charge in [-0.05, 0) is 51.4 Å². The Hall–Kier alpha value is -0.770. The number of benzene rings is 1. The zero-order valence-electron chi connectivity index (χ0n) is 11.1. The molecular weight excluding hydrogens is 250 g/mol. The number of aliphatic hydroxyl groups is 1. The molecule has 18 heavy (non-hydrogen) atoms. The fraction of sp³-hybridized carbons (Fsp3) is 0.571. The Kier molecular flexibility index (Phi) is 7.09. The van der Waals surface area contributed by atoms with Gasteiger partial charge in [-0.15, -0.1) is 0 Å². The number of hydrogen-bond acceptors (Lipinski definition) is 3. The quantitative estimate of drug-likeness (QED) is 0.714. The Morgan fingerprint density at radius 2 is 2.11 bits per heavy atom. The van der Waals surface area contributed by atoms with Crippen molar-refractivity contribution in [3.05, 3.63) is 28.8 Å². The first-order valence-electron chi connectivity index (χ1n) is 6.40. The lowest BCUT2D eigenvalue weighted by atomic mass is 10.2. The number of hydrogen-bond donors (Lipinski definition) is 2. The number of unbranched alkanes of at least 4 members (excludes halogenated alkanes) is 1. The summed E-state index contributed by atoms with van der Waals surface area (Å²) in [7, 11) is 0. The van der Waals surface area contributed by atoms with Crippen LogP contribution in [0.1, 0.15) is 32.3 Å². The highest BCUT2D eigenvalue weighted by molar-refractivity contribution is 6.30. The standard InChI is InChI=1S/C14H22ClNO2/c1-11(2)18-14-6-5-13(15)9-12(14)10-16-7-3-4-8-17/h5-6,9,11,16-17H,3-4,7-8,10H2,1-2H3. The molecule has 0 bridgehead atoms. The minimum Gasteiger partial charge on any atom is -0.491 e. The van der Waals surface area contributed by atoms with E-state index < -0.39 is 0 Å². The highest BCUT2D eigenvalue weighted by atomic mass is 35.5. The van der Waals surface area contributed by atoms with E-state index in [4.69, 9.17) is 21.4 Å². The van der Waals surface area contributed by atoms with Crippen LogP contribution >= 0.6 is 11.6 Å². The van der Waals surface area contributed by atoms with E-state index in [0.29, 0.717) is 0 Å². The zero-order chi connectivity index (χ0) is 13.4. The summed E-state index contributed by atoms with van der Waals surface area (Å²) in [4.78, 5) is 0. The van der Waals surface area contributed by atoms with E-state index in [-0.39, 0.29) is 12.7 Å². The summed E-state index contributed by atoms with van der Waals surface area (Å²) >= 11 is 6.00. The second-order valence-corrected chi connectivity index (χ2v) is 4.96. The number of rotatable bonds is 8. The van der Waals surface area contributed by atoms with Crippen LogP contribution in [0.3, 0.4) is 0 Å². The molecule has 0 aliphatic rings. The van der Waals surface area contributed by atoms with E-state index in [2.05, 4.69) is 5.32 Å². The van der Waals surface area contributed by atoms with Gasteiger partial charge in [0.05, 0.1) is 6.10 Å². The Labute approximate surface area is 114 Å². The third-order valence-electron chi connectivity index (χ3n) is 2.46. The zero-order valence-corrected chi connectivity index (χ0v) is 11.8. The van der Waals surface area contributed by atoms with E-state index in [1.165, 1.54) is 0 Å². The molecular formula is C14H22ClNO2. The van der Waals surface area contributed by atoms with Gasteiger partial charge < -0.3 is 15.2 Å². The predicted molar refractivity (Wildman–Crippen MR) is 75.2 cm³/mol. The van der Waals surface area contributed by atoms with Crippen LogP contribution in [0.2, 0.25) is 5.02 Å². The fourth-order valence-electron chi connectivity index (χ4n) is 1.64. The molecule has 4 heteroatoms. The molecule has 1 aromatic rings. The highest BCUT2D eigenvalue weighted by Gasteiger charge is 2.06. The summed E-state index contributed by atoms with van der Waals surface area (Å²) in [5.74, 6) is 0.879. The highest BCUT2D eigenvalue weighted by Crippen LogP contribution is 2.23. The molecule has 0 aliphatic heterocycles. The van der Waals surface area contributed by atoms with Gasteiger partial charge in [0.1, 0.15) is 5.75 Å². The Morgan fingerprint density at radius 3 is 2.78 bits per heavy atom.